The number of Topliss-reactive ketones (excluding diaryl/α,β-unsaturated/α-hetero) is 1. The maximum Gasteiger partial charge on any atom is 0.137 e. The Hall–Kier alpha value is -0.820. The number of hydrogen-bond donors (Lipinski definition) is 0. The summed E-state index contributed by atoms with van der Waals surface area (Å²) in [5.41, 5.74) is 1.05. The molecule has 0 N–H and O–H groups in total. The lowest BCUT2D eigenvalue weighted by Gasteiger charge is -2.18. The molecule has 0 aromatic heterocycles. The smallest absolute Gasteiger partial charge is 0.137 e. The third-order valence-corrected chi connectivity index (χ3v) is 2.59. The van der Waals surface area contributed by atoms with Gasteiger partial charge in [0.1, 0.15) is 5.78 Å². The van der Waals surface area contributed by atoms with E-state index < -0.39 is 0 Å². The molecule has 14 heavy (non-hydrogen) atoms. The fourth-order valence-corrected chi connectivity index (χ4v) is 1.89. The van der Waals surface area contributed by atoms with E-state index in [1.807, 2.05) is 24.3 Å². The predicted octanol–water partition coefficient (Wildman–Crippen LogP) is 3.67. The van der Waals surface area contributed by atoms with Gasteiger partial charge in [-0.1, -0.05) is 37.6 Å². The van der Waals surface area contributed by atoms with E-state index in [0.29, 0.717) is 10.9 Å². The van der Waals surface area contributed by atoms with Crippen molar-refractivity contribution in [1.82, 2.24) is 0 Å². The molecule has 0 aliphatic carbocycles. The minimum atomic E-state index is -0.00716. The van der Waals surface area contributed by atoms with Crippen LogP contribution in [0.15, 0.2) is 24.3 Å². The minimum Gasteiger partial charge on any atom is -0.299 e. The second-order valence-electron chi connectivity index (χ2n) is 3.88. The van der Waals surface area contributed by atoms with Gasteiger partial charge in [-0.15, -0.1) is 0 Å². The van der Waals surface area contributed by atoms with Gasteiger partial charge in [0.05, 0.1) is 0 Å². The van der Waals surface area contributed by atoms with Crippen molar-refractivity contribution in [3.05, 3.63) is 34.9 Å². The average molecular weight is 211 g/mol. The monoisotopic (exact) mass is 210 g/mol. The first-order chi connectivity index (χ1) is 6.52. The highest BCUT2D eigenvalue weighted by molar-refractivity contribution is 6.30. The lowest BCUT2D eigenvalue weighted by molar-refractivity contribution is -0.119. The molecule has 0 saturated carbocycles. The van der Waals surface area contributed by atoms with Crippen molar-refractivity contribution in [2.45, 2.75) is 26.7 Å². The highest BCUT2D eigenvalue weighted by Crippen LogP contribution is 2.26. The van der Waals surface area contributed by atoms with Crippen molar-refractivity contribution >= 4 is 17.4 Å². The zero-order chi connectivity index (χ0) is 10.7. The Kier molecular flexibility index (Phi) is 3.70. The number of ketones is 1. The van der Waals surface area contributed by atoms with E-state index in [9.17, 15) is 4.79 Å². The summed E-state index contributed by atoms with van der Waals surface area (Å²) in [6.07, 6.45) is 0. The van der Waals surface area contributed by atoms with E-state index in [1.165, 1.54) is 0 Å². The van der Waals surface area contributed by atoms with Crippen molar-refractivity contribution in [3.63, 3.8) is 0 Å². The lowest BCUT2D eigenvalue weighted by Crippen LogP contribution is -2.14. The van der Waals surface area contributed by atoms with Crippen molar-refractivity contribution in [1.29, 1.82) is 0 Å². The minimum absolute atomic E-state index is 0.00716. The number of benzene rings is 1. The van der Waals surface area contributed by atoms with Gasteiger partial charge in [0.15, 0.2) is 0 Å². The molecule has 1 aromatic carbocycles. The van der Waals surface area contributed by atoms with E-state index in [0.717, 1.165) is 5.56 Å². The van der Waals surface area contributed by atoms with E-state index in [1.54, 1.807) is 6.92 Å². The van der Waals surface area contributed by atoms with Crippen molar-refractivity contribution in [2.75, 3.05) is 0 Å². The summed E-state index contributed by atoms with van der Waals surface area (Å²) in [5.74, 6) is 0.531. The largest absolute Gasteiger partial charge is 0.299 e. The Labute approximate surface area is 90.1 Å². The number of halogens is 1. The molecule has 0 amide bonds. The van der Waals surface area contributed by atoms with E-state index in [4.69, 9.17) is 11.6 Å². The van der Waals surface area contributed by atoms with Gasteiger partial charge < -0.3 is 0 Å². The summed E-state index contributed by atoms with van der Waals surface area (Å²) in [5, 5.41) is 0.708. The van der Waals surface area contributed by atoms with Crippen LogP contribution in [0.25, 0.3) is 0 Å². The third kappa shape index (κ3) is 2.58. The molecule has 1 atom stereocenters. The molecule has 0 radical (unpaired) electrons. The van der Waals surface area contributed by atoms with Crippen LogP contribution in [0.4, 0.5) is 0 Å². The van der Waals surface area contributed by atoms with Crippen molar-refractivity contribution in [3.8, 4) is 0 Å². The maximum absolute atomic E-state index is 11.4. The van der Waals surface area contributed by atoms with Gasteiger partial charge in [0, 0.05) is 10.9 Å². The lowest BCUT2D eigenvalue weighted by atomic mass is 9.86. The van der Waals surface area contributed by atoms with Crippen LogP contribution in [-0.4, -0.2) is 5.78 Å². The Bertz CT molecular complexity index is 314. The quantitative estimate of drug-likeness (QED) is 0.744. The summed E-state index contributed by atoms with van der Waals surface area (Å²) in [7, 11) is 0. The van der Waals surface area contributed by atoms with Crippen LogP contribution in [0.1, 0.15) is 32.3 Å². The summed E-state index contributed by atoms with van der Waals surface area (Å²) >= 11 is 5.79. The van der Waals surface area contributed by atoms with Crippen LogP contribution in [0.3, 0.4) is 0 Å². The summed E-state index contributed by atoms with van der Waals surface area (Å²) in [6.45, 7) is 5.75. The third-order valence-electron chi connectivity index (χ3n) is 2.33. The average Bonchev–Trinajstić information content (AvgIpc) is 2.07. The highest BCUT2D eigenvalue weighted by atomic mass is 35.5. The van der Waals surface area contributed by atoms with E-state index in [-0.39, 0.29) is 11.7 Å². The first-order valence-electron chi connectivity index (χ1n) is 4.78. The Morgan fingerprint density at radius 3 is 2.07 bits per heavy atom. The SMILES string of the molecule is CC(=O)[C@H](c1ccc(Cl)cc1)C(C)C. The maximum atomic E-state index is 11.4. The van der Waals surface area contributed by atoms with Crippen molar-refractivity contribution in [2.24, 2.45) is 5.92 Å². The van der Waals surface area contributed by atoms with E-state index in [2.05, 4.69) is 13.8 Å². The van der Waals surface area contributed by atoms with Crippen LogP contribution in [0, 0.1) is 5.92 Å². The van der Waals surface area contributed by atoms with Gasteiger partial charge in [-0.2, -0.15) is 0 Å². The molecule has 0 fully saturated rings. The fourth-order valence-electron chi connectivity index (χ4n) is 1.76. The second-order valence-corrected chi connectivity index (χ2v) is 4.32. The summed E-state index contributed by atoms with van der Waals surface area (Å²) in [6, 6.07) is 7.51. The second kappa shape index (κ2) is 4.61. The first-order valence-corrected chi connectivity index (χ1v) is 5.16. The zero-order valence-corrected chi connectivity index (χ0v) is 9.51. The molecule has 0 saturated heterocycles. The molecule has 0 bridgehead atoms. The molecule has 0 spiro atoms. The topological polar surface area (TPSA) is 17.1 Å². The molecule has 2 heteroatoms. The van der Waals surface area contributed by atoms with Gasteiger partial charge in [-0.25, -0.2) is 0 Å². The Morgan fingerprint density at radius 1 is 1.21 bits per heavy atom. The van der Waals surface area contributed by atoms with Crippen LogP contribution >= 0.6 is 11.6 Å². The molecule has 0 heterocycles. The zero-order valence-electron chi connectivity index (χ0n) is 8.75. The predicted molar refractivity (Wildman–Crippen MR) is 59.7 cm³/mol. The molecule has 1 nitrogen and oxygen atoms in total. The molecular formula is C12H15ClO. The molecule has 1 aromatic rings. The van der Waals surface area contributed by atoms with Gasteiger partial charge in [-0.05, 0) is 30.5 Å². The highest BCUT2D eigenvalue weighted by Gasteiger charge is 2.19. The Morgan fingerprint density at radius 2 is 1.71 bits per heavy atom. The van der Waals surface area contributed by atoms with Gasteiger partial charge in [0.2, 0.25) is 0 Å². The number of carbonyl (C=O) groups excluding carboxylic acids is 1. The Balaban J connectivity index is 3.00. The molecule has 1 rings (SSSR count). The molecule has 76 valence electrons. The van der Waals surface area contributed by atoms with Crippen LogP contribution in [0.2, 0.25) is 5.02 Å². The molecular weight excluding hydrogens is 196 g/mol. The number of rotatable bonds is 3. The van der Waals surface area contributed by atoms with Crippen LogP contribution < -0.4 is 0 Å². The summed E-state index contributed by atoms with van der Waals surface area (Å²) < 4.78 is 0. The molecule has 0 aliphatic heterocycles. The van der Waals surface area contributed by atoms with Gasteiger partial charge in [0.25, 0.3) is 0 Å². The van der Waals surface area contributed by atoms with Crippen LogP contribution in [0.5, 0.6) is 0 Å². The number of carbonyl (C=O) groups is 1. The van der Waals surface area contributed by atoms with E-state index >= 15 is 0 Å². The normalized spacial score (nSPS) is 12.9. The standard InChI is InChI=1S/C12H15ClO/c1-8(2)12(9(3)14)10-4-6-11(13)7-5-10/h4-8,12H,1-3H3/t12-/m1/s1. The summed E-state index contributed by atoms with van der Waals surface area (Å²) in [4.78, 5) is 11.4. The van der Waals surface area contributed by atoms with Crippen LogP contribution in [-0.2, 0) is 4.79 Å². The first kappa shape index (κ1) is 11.3. The molecule has 0 aliphatic rings. The van der Waals surface area contributed by atoms with Gasteiger partial charge >= 0.3 is 0 Å². The van der Waals surface area contributed by atoms with Crippen molar-refractivity contribution < 1.29 is 4.79 Å². The number of hydrogen-bond acceptors (Lipinski definition) is 1. The van der Waals surface area contributed by atoms with Gasteiger partial charge in [-0.3, -0.25) is 4.79 Å². The molecule has 0 unspecified atom stereocenters. The fraction of sp³-hybridized carbons (Fsp3) is 0.417.